The van der Waals surface area contributed by atoms with Crippen molar-refractivity contribution in [3.63, 3.8) is 0 Å². The van der Waals surface area contributed by atoms with E-state index in [0.29, 0.717) is 26.4 Å². The maximum Gasteiger partial charge on any atom is 0.102 e. The second-order valence-corrected chi connectivity index (χ2v) is 14.7. The molecule has 0 aliphatic carbocycles. The van der Waals surface area contributed by atoms with Gasteiger partial charge in [-0.25, -0.2) is 0 Å². The summed E-state index contributed by atoms with van der Waals surface area (Å²) < 4.78 is 27.1. The average Bonchev–Trinajstić information content (AvgIpc) is 2.90. The Labute approximate surface area is 304 Å². The predicted octanol–water partition coefficient (Wildman–Crippen LogP) is 1.74. The van der Waals surface area contributed by atoms with Crippen LogP contribution in [0.1, 0.15) is 117 Å². The standard InChI is InChI=1S/C35H76N2O4.2HI/c1-9-11-13-15-17-19-21-23-27-38-31-35(33-40-29-25-36(3,4)5,34-41-30-26-37(6,7)8)32-39-28-24-22-20-18-16-14-12-10-2;;/h9-34H2,1-8H3;2*1H/q+2;;/p-2. The molecule has 0 rings (SSSR count). The molecule has 0 atom stereocenters. The lowest BCUT2D eigenvalue weighted by atomic mass is 9.92. The predicted molar refractivity (Wildman–Crippen MR) is 177 cm³/mol. The normalized spacial score (nSPS) is 12.3. The molecular formula is C35H76I2N2O4. The van der Waals surface area contributed by atoms with Crippen LogP contribution in [0.4, 0.5) is 0 Å². The van der Waals surface area contributed by atoms with Crippen LogP contribution in [0, 0.1) is 5.41 Å². The van der Waals surface area contributed by atoms with Crippen LogP contribution in [0.15, 0.2) is 0 Å². The number of unbranched alkanes of at least 4 members (excludes halogenated alkanes) is 14. The molecule has 0 N–H and O–H groups in total. The van der Waals surface area contributed by atoms with E-state index >= 15 is 0 Å². The first-order valence-electron chi connectivity index (χ1n) is 17.5. The maximum absolute atomic E-state index is 6.33. The smallest absolute Gasteiger partial charge is 0.102 e. The fourth-order valence-electron chi connectivity index (χ4n) is 4.76. The summed E-state index contributed by atoms with van der Waals surface area (Å²) in [7, 11) is 13.3. The molecule has 0 bridgehead atoms. The van der Waals surface area contributed by atoms with E-state index in [1.807, 2.05) is 0 Å². The highest BCUT2D eigenvalue weighted by atomic mass is 127. The molecule has 0 spiro atoms. The minimum Gasteiger partial charge on any atom is -1.00 e. The highest BCUT2D eigenvalue weighted by Gasteiger charge is 2.33. The summed E-state index contributed by atoms with van der Waals surface area (Å²) in [6, 6.07) is 0. The van der Waals surface area contributed by atoms with Gasteiger partial charge in [-0.1, -0.05) is 104 Å². The fraction of sp³-hybridized carbons (Fsp3) is 1.00. The Kier molecular flexibility index (Phi) is 36.0. The molecule has 0 aliphatic heterocycles. The van der Waals surface area contributed by atoms with Crippen molar-refractivity contribution in [3.8, 4) is 0 Å². The third kappa shape index (κ3) is 35.9. The van der Waals surface area contributed by atoms with Crippen LogP contribution in [0.3, 0.4) is 0 Å². The van der Waals surface area contributed by atoms with Crippen LogP contribution in [0.25, 0.3) is 0 Å². The van der Waals surface area contributed by atoms with Crippen molar-refractivity contribution in [3.05, 3.63) is 0 Å². The maximum atomic E-state index is 6.33. The zero-order valence-corrected chi connectivity index (χ0v) is 34.5. The summed E-state index contributed by atoms with van der Waals surface area (Å²) in [6.07, 6.45) is 21.1. The van der Waals surface area contributed by atoms with Crippen molar-refractivity contribution in [1.82, 2.24) is 0 Å². The first-order chi connectivity index (χ1) is 19.5. The Morgan fingerprint density at radius 1 is 0.372 bits per heavy atom. The number of ether oxygens (including phenoxy) is 4. The monoisotopic (exact) mass is 842 g/mol. The Bertz CT molecular complexity index is 509. The molecule has 43 heavy (non-hydrogen) atoms. The van der Waals surface area contributed by atoms with Crippen molar-refractivity contribution in [2.24, 2.45) is 5.41 Å². The van der Waals surface area contributed by atoms with Crippen LogP contribution in [-0.4, -0.2) is 117 Å². The third-order valence-electron chi connectivity index (χ3n) is 7.73. The van der Waals surface area contributed by atoms with Crippen LogP contribution >= 0.6 is 0 Å². The SMILES string of the molecule is CCCCCCCCCCOCC(COCCCCCCCCCC)(COCC[N+](C)(C)C)COCC[N+](C)(C)C.[I-].[I-]. The summed E-state index contributed by atoms with van der Waals surface area (Å²) in [5, 5.41) is 0. The second-order valence-electron chi connectivity index (χ2n) is 14.7. The summed E-state index contributed by atoms with van der Waals surface area (Å²) in [5.74, 6) is 0. The van der Waals surface area contributed by atoms with Crippen LogP contribution < -0.4 is 48.0 Å². The molecule has 0 aromatic carbocycles. The van der Waals surface area contributed by atoms with Gasteiger partial charge >= 0.3 is 0 Å². The van der Waals surface area contributed by atoms with Crippen molar-refractivity contribution in [2.45, 2.75) is 117 Å². The molecule has 0 heterocycles. The number of quaternary nitrogens is 2. The minimum absolute atomic E-state index is 0. The van der Waals surface area contributed by atoms with Gasteiger partial charge in [0.05, 0.1) is 87.3 Å². The fourth-order valence-corrected chi connectivity index (χ4v) is 4.76. The van der Waals surface area contributed by atoms with Gasteiger partial charge in [-0.15, -0.1) is 0 Å². The number of likely N-dealkylation sites (N-methyl/N-ethyl adjacent to an activating group) is 2. The molecule has 0 unspecified atom stereocenters. The molecule has 264 valence electrons. The number of halogens is 2. The highest BCUT2D eigenvalue weighted by molar-refractivity contribution is 4.79. The van der Waals surface area contributed by atoms with Gasteiger partial charge in [0, 0.05) is 13.2 Å². The summed E-state index contributed by atoms with van der Waals surface area (Å²) in [4.78, 5) is 0. The zero-order chi connectivity index (χ0) is 30.7. The van der Waals surface area contributed by atoms with E-state index in [9.17, 15) is 0 Å². The molecule has 0 aliphatic rings. The molecule has 0 amide bonds. The van der Waals surface area contributed by atoms with Crippen molar-refractivity contribution >= 4 is 0 Å². The highest BCUT2D eigenvalue weighted by Crippen LogP contribution is 2.22. The zero-order valence-electron chi connectivity index (χ0n) is 30.2. The first kappa shape index (κ1) is 48.6. The Hall–Kier alpha value is 1.22. The van der Waals surface area contributed by atoms with Gasteiger partial charge in [0.2, 0.25) is 0 Å². The molecule has 6 nitrogen and oxygen atoms in total. The molecule has 0 radical (unpaired) electrons. The van der Waals surface area contributed by atoms with Crippen molar-refractivity contribution in [1.29, 1.82) is 0 Å². The van der Waals surface area contributed by atoms with Gasteiger partial charge in [0.15, 0.2) is 0 Å². The van der Waals surface area contributed by atoms with E-state index in [0.717, 1.165) is 61.3 Å². The van der Waals surface area contributed by atoms with Crippen LogP contribution in [0.2, 0.25) is 0 Å². The van der Waals surface area contributed by atoms with E-state index in [2.05, 4.69) is 56.1 Å². The summed E-state index contributed by atoms with van der Waals surface area (Å²) in [6.45, 7) is 12.1. The first-order valence-corrected chi connectivity index (χ1v) is 17.5. The lowest BCUT2D eigenvalue weighted by Crippen LogP contribution is -3.00. The molecule has 0 aromatic rings. The Balaban J connectivity index is -0.00000800. The molecule has 8 heteroatoms. The van der Waals surface area contributed by atoms with Gasteiger partial charge < -0.3 is 75.9 Å². The number of rotatable bonds is 32. The number of nitrogens with zero attached hydrogens (tertiary/aromatic N) is 2. The molecule has 0 fully saturated rings. The van der Waals surface area contributed by atoms with Crippen molar-refractivity contribution in [2.75, 3.05) is 108 Å². The van der Waals surface area contributed by atoms with Crippen molar-refractivity contribution < 1.29 is 75.9 Å². The van der Waals surface area contributed by atoms with E-state index < -0.39 is 0 Å². The van der Waals surface area contributed by atoms with Gasteiger partial charge in [-0.3, -0.25) is 0 Å². The number of hydrogen-bond donors (Lipinski definition) is 0. The van der Waals surface area contributed by atoms with E-state index in [1.165, 1.54) is 89.9 Å². The molecule has 0 aromatic heterocycles. The summed E-state index contributed by atoms with van der Waals surface area (Å²) in [5.41, 5.74) is -0.268. The average molecular weight is 843 g/mol. The third-order valence-corrected chi connectivity index (χ3v) is 7.73. The van der Waals surface area contributed by atoms with Crippen LogP contribution in [0.5, 0.6) is 0 Å². The van der Waals surface area contributed by atoms with E-state index in [-0.39, 0.29) is 53.4 Å². The van der Waals surface area contributed by atoms with Gasteiger partial charge in [-0.05, 0) is 12.8 Å². The summed E-state index contributed by atoms with van der Waals surface area (Å²) >= 11 is 0. The second kappa shape index (κ2) is 31.8. The van der Waals surface area contributed by atoms with Gasteiger partial charge in [-0.2, -0.15) is 0 Å². The Morgan fingerprint density at radius 3 is 0.907 bits per heavy atom. The molecule has 0 saturated carbocycles. The van der Waals surface area contributed by atoms with E-state index in [4.69, 9.17) is 18.9 Å². The minimum atomic E-state index is -0.268. The van der Waals surface area contributed by atoms with Crippen LogP contribution in [-0.2, 0) is 18.9 Å². The molecule has 0 saturated heterocycles. The lowest BCUT2D eigenvalue weighted by molar-refractivity contribution is -0.870. The quantitative estimate of drug-likeness (QED) is 0.0589. The molecular weight excluding hydrogens is 766 g/mol. The van der Waals surface area contributed by atoms with Gasteiger partial charge in [0.1, 0.15) is 13.1 Å². The lowest BCUT2D eigenvalue weighted by Gasteiger charge is -2.34. The van der Waals surface area contributed by atoms with E-state index in [1.54, 1.807) is 0 Å². The number of hydrogen-bond acceptors (Lipinski definition) is 4. The van der Waals surface area contributed by atoms with Gasteiger partial charge in [0.25, 0.3) is 0 Å². The topological polar surface area (TPSA) is 36.9 Å². The largest absolute Gasteiger partial charge is 1.00 e. The Morgan fingerprint density at radius 2 is 0.628 bits per heavy atom.